The summed E-state index contributed by atoms with van der Waals surface area (Å²) in [6.07, 6.45) is 2.02. The fourth-order valence-corrected chi connectivity index (χ4v) is 2.99. The first-order chi connectivity index (χ1) is 13.7. The topological polar surface area (TPSA) is 98.6 Å². The van der Waals surface area contributed by atoms with Gasteiger partial charge in [-0.25, -0.2) is 9.59 Å². The lowest BCUT2D eigenvalue weighted by molar-refractivity contribution is 0.0519. The third kappa shape index (κ3) is 6.72. The molecule has 1 amide bonds. The van der Waals surface area contributed by atoms with Crippen LogP contribution in [0.3, 0.4) is 0 Å². The SMILES string of the molecule is CCOC(=O)c1cn(CC[C@@H]2CN(C(=O)OCc3ccccc3)CCN2)nn1.Cl. The van der Waals surface area contributed by atoms with Crippen LogP contribution in [0.15, 0.2) is 36.5 Å². The lowest BCUT2D eigenvalue weighted by Crippen LogP contribution is -2.52. The van der Waals surface area contributed by atoms with Gasteiger partial charge in [0.05, 0.1) is 12.8 Å². The summed E-state index contributed by atoms with van der Waals surface area (Å²) in [6, 6.07) is 9.74. The maximum Gasteiger partial charge on any atom is 0.410 e. The van der Waals surface area contributed by atoms with Crippen molar-refractivity contribution in [2.45, 2.75) is 32.5 Å². The Morgan fingerprint density at radius 3 is 2.79 bits per heavy atom. The highest BCUT2D eigenvalue weighted by molar-refractivity contribution is 5.86. The van der Waals surface area contributed by atoms with Crippen molar-refractivity contribution < 1.29 is 19.1 Å². The number of esters is 1. The predicted octanol–water partition coefficient (Wildman–Crippen LogP) is 1.88. The summed E-state index contributed by atoms with van der Waals surface area (Å²) in [4.78, 5) is 25.7. The molecule has 1 saturated heterocycles. The van der Waals surface area contributed by atoms with Crippen LogP contribution in [0.2, 0.25) is 0 Å². The van der Waals surface area contributed by atoms with Crippen molar-refractivity contribution in [1.29, 1.82) is 0 Å². The number of ether oxygens (including phenoxy) is 2. The number of benzene rings is 1. The number of nitrogens with zero attached hydrogens (tertiary/aromatic N) is 4. The maximum absolute atomic E-state index is 12.3. The van der Waals surface area contributed by atoms with Gasteiger partial charge in [-0.05, 0) is 18.9 Å². The number of amides is 1. The van der Waals surface area contributed by atoms with Gasteiger partial charge in [0.25, 0.3) is 0 Å². The van der Waals surface area contributed by atoms with Crippen molar-refractivity contribution in [3.8, 4) is 0 Å². The average molecular weight is 424 g/mol. The molecule has 2 heterocycles. The number of hydrogen-bond acceptors (Lipinski definition) is 7. The van der Waals surface area contributed by atoms with E-state index in [1.165, 1.54) is 0 Å². The molecule has 1 fully saturated rings. The molecule has 0 spiro atoms. The number of aromatic nitrogens is 3. The van der Waals surface area contributed by atoms with Gasteiger partial charge in [-0.15, -0.1) is 17.5 Å². The van der Waals surface area contributed by atoms with Gasteiger partial charge in [0, 0.05) is 32.2 Å². The number of nitrogens with one attached hydrogen (secondary N) is 1. The lowest BCUT2D eigenvalue weighted by Gasteiger charge is -2.33. The molecule has 0 unspecified atom stereocenters. The molecule has 29 heavy (non-hydrogen) atoms. The van der Waals surface area contributed by atoms with Gasteiger partial charge in [-0.3, -0.25) is 4.68 Å². The van der Waals surface area contributed by atoms with Crippen molar-refractivity contribution in [3.63, 3.8) is 0 Å². The van der Waals surface area contributed by atoms with E-state index in [0.717, 1.165) is 12.0 Å². The molecule has 1 aliphatic rings. The van der Waals surface area contributed by atoms with Gasteiger partial charge in [-0.1, -0.05) is 35.5 Å². The van der Waals surface area contributed by atoms with Gasteiger partial charge in [0.2, 0.25) is 0 Å². The number of halogens is 1. The van der Waals surface area contributed by atoms with Gasteiger partial charge >= 0.3 is 12.1 Å². The predicted molar refractivity (Wildman–Crippen MR) is 108 cm³/mol. The number of carbonyl (C=O) groups is 2. The van der Waals surface area contributed by atoms with E-state index in [0.29, 0.717) is 32.8 Å². The maximum atomic E-state index is 12.3. The van der Waals surface area contributed by atoms with Crippen LogP contribution in [-0.2, 0) is 22.6 Å². The minimum Gasteiger partial charge on any atom is -0.461 e. The second kappa shape index (κ2) is 11.4. The summed E-state index contributed by atoms with van der Waals surface area (Å²) < 4.78 is 11.9. The Balaban J connectivity index is 0.00000300. The smallest absolute Gasteiger partial charge is 0.410 e. The van der Waals surface area contributed by atoms with Gasteiger partial charge in [0.15, 0.2) is 5.69 Å². The van der Waals surface area contributed by atoms with Crippen LogP contribution < -0.4 is 5.32 Å². The molecule has 2 aromatic rings. The van der Waals surface area contributed by atoms with E-state index in [9.17, 15) is 9.59 Å². The Hall–Kier alpha value is -2.65. The molecule has 0 radical (unpaired) electrons. The van der Waals surface area contributed by atoms with Crippen molar-refractivity contribution >= 4 is 24.5 Å². The van der Waals surface area contributed by atoms with E-state index >= 15 is 0 Å². The number of piperazine rings is 1. The molecule has 1 aromatic heterocycles. The van der Waals surface area contributed by atoms with Crippen molar-refractivity contribution in [3.05, 3.63) is 47.8 Å². The second-order valence-corrected chi connectivity index (χ2v) is 6.51. The van der Waals surface area contributed by atoms with Crippen LogP contribution in [0.25, 0.3) is 0 Å². The molecule has 10 heteroatoms. The number of hydrogen-bond donors (Lipinski definition) is 1. The highest BCUT2D eigenvalue weighted by Crippen LogP contribution is 2.09. The number of rotatable bonds is 7. The molecule has 9 nitrogen and oxygen atoms in total. The number of aryl methyl sites for hydroxylation is 1. The van der Waals surface area contributed by atoms with E-state index in [4.69, 9.17) is 9.47 Å². The number of carbonyl (C=O) groups excluding carboxylic acids is 2. The van der Waals surface area contributed by atoms with Crippen LogP contribution >= 0.6 is 12.4 Å². The summed E-state index contributed by atoms with van der Waals surface area (Å²) in [5, 5.41) is 11.2. The van der Waals surface area contributed by atoms with Gasteiger partial charge in [-0.2, -0.15) is 0 Å². The monoisotopic (exact) mass is 423 g/mol. The van der Waals surface area contributed by atoms with Crippen LogP contribution in [0.4, 0.5) is 4.79 Å². The zero-order valence-electron chi connectivity index (χ0n) is 16.3. The van der Waals surface area contributed by atoms with Crippen LogP contribution in [0.1, 0.15) is 29.4 Å². The molecule has 158 valence electrons. The van der Waals surface area contributed by atoms with Crippen LogP contribution in [-0.4, -0.2) is 64.2 Å². The Labute approximate surface area is 175 Å². The molecule has 1 atom stereocenters. The fraction of sp³-hybridized carbons (Fsp3) is 0.474. The first-order valence-electron chi connectivity index (χ1n) is 9.42. The molecule has 0 aliphatic carbocycles. The first kappa shape index (κ1) is 22.6. The van der Waals surface area contributed by atoms with E-state index < -0.39 is 5.97 Å². The fourth-order valence-electron chi connectivity index (χ4n) is 2.99. The molecule has 1 aromatic carbocycles. The van der Waals surface area contributed by atoms with Crippen LogP contribution in [0, 0.1) is 0 Å². The molecular formula is C19H26ClN5O4. The summed E-state index contributed by atoms with van der Waals surface area (Å²) in [5.74, 6) is -0.475. The summed E-state index contributed by atoms with van der Waals surface area (Å²) in [5.41, 5.74) is 1.16. The zero-order valence-corrected chi connectivity index (χ0v) is 17.1. The standard InChI is InChI=1S/C19H25N5O4.ClH/c1-2-27-18(25)17-13-24(22-21-17)10-8-16-12-23(11-9-20-16)19(26)28-14-15-6-4-3-5-7-15;/h3-7,13,16,20H,2,8-12,14H2,1H3;1H/t16-;/m1./s1. The second-order valence-electron chi connectivity index (χ2n) is 6.51. The molecule has 1 N–H and O–H groups in total. The molecule has 0 saturated carbocycles. The van der Waals surface area contributed by atoms with E-state index in [1.807, 2.05) is 30.3 Å². The van der Waals surface area contributed by atoms with Gasteiger partial charge < -0.3 is 19.7 Å². The summed E-state index contributed by atoms with van der Waals surface area (Å²) in [7, 11) is 0. The average Bonchev–Trinajstić information content (AvgIpc) is 3.21. The van der Waals surface area contributed by atoms with E-state index in [-0.39, 0.29) is 36.8 Å². The van der Waals surface area contributed by atoms with Crippen molar-refractivity contribution in [2.24, 2.45) is 0 Å². The molecular weight excluding hydrogens is 398 g/mol. The summed E-state index contributed by atoms with van der Waals surface area (Å²) in [6.45, 7) is 4.77. The molecule has 3 rings (SSSR count). The van der Waals surface area contributed by atoms with Gasteiger partial charge in [0.1, 0.15) is 6.61 Å². The van der Waals surface area contributed by atoms with Crippen LogP contribution in [0.5, 0.6) is 0 Å². The highest BCUT2D eigenvalue weighted by Gasteiger charge is 2.24. The third-order valence-electron chi connectivity index (χ3n) is 4.45. The normalized spacial score (nSPS) is 16.0. The first-order valence-corrected chi connectivity index (χ1v) is 9.42. The Kier molecular flexibility index (Phi) is 8.88. The van der Waals surface area contributed by atoms with Crippen molar-refractivity contribution in [2.75, 3.05) is 26.2 Å². The quantitative estimate of drug-likeness (QED) is 0.679. The van der Waals surface area contributed by atoms with Crippen molar-refractivity contribution in [1.82, 2.24) is 25.2 Å². The Morgan fingerprint density at radius 2 is 2.03 bits per heavy atom. The van der Waals surface area contributed by atoms with E-state index in [1.54, 1.807) is 22.7 Å². The Bertz CT molecular complexity index is 786. The van der Waals surface area contributed by atoms with E-state index in [2.05, 4.69) is 15.6 Å². The Morgan fingerprint density at radius 1 is 1.24 bits per heavy atom. The largest absolute Gasteiger partial charge is 0.461 e. The lowest BCUT2D eigenvalue weighted by atomic mass is 10.1. The highest BCUT2D eigenvalue weighted by atomic mass is 35.5. The molecule has 0 bridgehead atoms. The third-order valence-corrected chi connectivity index (χ3v) is 4.45. The minimum absolute atomic E-state index is 0. The zero-order chi connectivity index (χ0) is 19.8. The molecule has 1 aliphatic heterocycles. The minimum atomic E-state index is -0.475. The summed E-state index contributed by atoms with van der Waals surface area (Å²) >= 11 is 0.